The Balaban J connectivity index is 1.22. The summed E-state index contributed by atoms with van der Waals surface area (Å²) in [6.07, 6.45) is 2.83. The summed E-state index contributed by atoms with van der Waals surface area (Å²) in [5.74, 6) is 6.08. The Morgan fingerprint density at radius 1 is 0.795 bits per heavy atom. The van der Waals surface area contributed by atoms with Crippen LogP contribution in [0, 0.1) is 11.8 Å². The van der Waals surface area contributed by atoms with E-state index in [0.29, 0.717) is 27.8 Å². The van der Waals surface area contributed by atoms with Crippen LogP contribution in [0.3, 0.4) is 0 Å². The molecule has 8 heteroatoms. The fourth-order valence-electron chi connectivity index (χ4n) is 3.85. The minimum Gasteiger partial charge on any atom is -0.493 e. The zero-order valence-electron chi connectivity index (χ0n) is 24.5. The van der Waals surface area contributed by atoms with Crippen LogP contribution in [0.4, 0.5) is 0 Å². The van der Waals surface area contributed by atoms with Gasteiger partial charge in [0, 0.05) is 11.1 Å². The number of hydrogen-bond acceptors (Lipinski definition) is 7. The Morgan fingerprint density at radius 2 is 1.45 bits per heavy atom. The number of benzene rings is 4. The van der Waals surface area contributed by atoms with Crippen LogP contribution in [0.15, 0.2) is 103 Å². The van der Waals surface area contributed by atoms with Crippen LogP contribution in [0.25, 0.3) is 17.2 Å². The molecule has 4 aromatic rings. The Bertz CT molecular complexity index is 1650. The SMILES string of the molecule is COc1cc(C=CC(=O)OCC#CCOc2ccc(-c3ccccc3)cc2)ccc1OC(=O)C(C)(C)Oc1ccc(Cl)cc1. The minimum atomic E-state index is -1.29. The minimum absolute atomic E-state index is 0.0778. The number of halogens is 1. The standard InChI is InChI=1S/C36H31ClO7/c1-36(2,44-31-19-15-29(37)16-20-31)35(39)43-32-21-11-26(25-33(32)40-3)12-22-34(38)42-24-8-7-23-41-30-17-13-28(14-18-30)27-9-5-4-6-10-27/h4-6,9-22,25H,23-24H2,1-3H3. The van der Waals surface area contributed by atoms with E-state index in [2.05, 4.69) is 11.8 Å². The maximum absolute atomic E-state index is 12.9. The van der Waals surface area contributed by atoms with Gasteiger partial charge in [0.2, 0.25) is 5.60 Å². The van der Waals surface area contributed by atoms with E-state index >= 15 is 0 Å². The molecule has 224 valence electrons. The van der Waals surface area contributed by atoms with E-state index in [4.69, 9.17) is 35.3 Å². The smallest absolute Gasteiger partial charge is 0.355 e. The van der Waals surface area contributed by atoms with Gasteiger partial charge in [0.1, 0.15) is 18.1 Å². The van der Waals surface area contributed by atoms with Crippen molar-refractivity contribution in [2.24, 2.45) is 0 Å². The van der Waals surface area contributed by atoms with Crippen LogP contribution >= 0.6 is 11.6 Å². The molecule has 0 radical (unpaired) electrons. The molecule has 0 spiro atoms. The number of carbonyl (C=O) groups excluding carboxylic acids is 2. The number of ether oxygens (including phenoxy) is 5. The third-order valence-electron chi connectivity index (χ3n) is 6.16. The molecule has 7 nitrogen and oxygen atoms in total. The average molecular weight is 611 g/mol. The molecule has 0 aromatic heterocycles. The van der Waals surface area contributed by atoms with Gasteiger partial charge >= 0.3 is 11.9 Å². The summed E-state index contributed by atoms with van der Waals surface area (Å²) in [6, 6.07) is 29.4. The molecule has 0 atom stereocenters. The van der Waals surface area contributed by atoms with E-state index in [-0.39, 0.29) is 19.0 Å². The maximum atomic E-state index is 12.9. The molecule has 0 saturated carbocycles. The van der Waals surface area contributed by atoms with Crippen molar-refractivity contribution in [1.82, 2.24) is 0 Å². The van der Waals surface area contributed by atoms with Crippen LogP contribution in [0.1, 0.15) is 19.4 Å². The molecular formula is C36H31ClO7. The molecular weight excluding hydrogens is 580 g/mol. The predicted octanol–water partition coefficient (Wildman–Crippen LogP) is 7.42. The molecule has 0 fully saturated rings. The first-order valence-electron chi connectivity index (χ1n) is 13.7. The van der Waals surface area contributed by atoms with Gasteiger partial charge in [-0.15, -0.1) is 0 Å². The molecule has 0 aliphatic heterocycles. The largest absolute Gasteiger partial charge is 0.493 e. The van der Waals surface area contributed by atoms with Gasteiger partial charge in [-0.3, -0.25) is 0 Å². The van der Waals surface area contributed by atoms with Crippen molar-refractivity contribution in [2.75, 3.05) is 20.3 Å². The number of rotatable bonds is 11. The van der Waals surface area contributed by atoms with Crippen molar-refractivity contribution in [2.45, 2.75) is 19.4 Å². The highest BCUT2D eigenvalue weighted by atomic mass is 35.5. The second-order valence-corrected chi connectivity index (χ2v) is 10.3. The van der Waals surface area contributed by atoms with Crippen LogP contribution in [0.5, 0.6) is 23.0 Å². The van der Waals surface area contributed by atoms with Crippen molar-refractivity contribution in [1.29, 1.82) is 0 Å². The van der Waals surface area contributed by atoms with Crippen molar-refractivity contribution < 1.29 is 33.3 Å². The van der Waals surface area contributed by atoms with Crippen LogP contribution in [0.2, 0.25) is 5.02 Å². The fourth-order valence-corrected chi connectivity index (χ4v) is 3.98. The number of carbonyl (C=O) groups is 2. The fraction of sp³-hybridized carbons (Fsp3) is 0.167. The van der Waals surface area contributed by atoms with Crippen LogP contribution in [-0.4, -0.2) is 37.9 Å². The van der Waals surface area contributed by atoms with Gasteiger partial charge in [0.15, 0.2) is 18.1 Å². The summed E-state index contributed by atoms with van der Waals surface area (Å²) in [6.45, 7) is 3.29. The lowest BCUT2D eigenvalue weighted by Gasteiger charge is -2.24. The first kappa shape index (κ1) is 31.7. The molecule has 0 heterocycles. The van der Waals surface area contributed by atoms with Gasteiger partial charge in [0.25, 0.3) is 0 Å². The van der Waals surface area contributed by atoms with Gasteiger partial charge in [-0.25, -0.2) is 9.59 Å². The lowest BCUT2D eigenvalue weighted by molar-refractivity contribution is -0.149. The zero-order chi connectivity index (χ0) is 31.4. The number of methoxy groups -OCH3 is 1. The topological polar surface area (TPSA) is 80.3 Å². The summed E-state index contributed by atoms with van der Waals surface area (Å²) in [5, 5.41) is 0.557. The zero-order valence-corrected chi connectivity index (χ0v) is 25.3. The Hall–Kier alpha value is -5.19. The lowest BCUT2D eigenvalue weighted by Crippen LogP contribution is -2.41. The molecule has 0 aliphatic rings. The van der Waals surface area contributed by atoms with E-state index < -0.39 is 17.5 Å². The maximum Gasteiger partial charge on any atom is 0.355 e. The summed E-state index contributed by atoms with van der Waals surface area (Å²) in [5.41, 5.74) is 1.58. The molecule has 0 N–H and O–H groups in total. The molecule has 44 heavy (non-hydrogen) atoms. The molecule has 0 saturated heterocycles. The predicted molar refractivity (Wildman–Crippen MR) is 170 cm³/mol. The molecule has 0 bridgehead atoms. The van der Waals surface area contributed by atoms with Gasteiger partial charge in [-0.05, 0) is 85.1 Å². The average Bonchev–Trinajstić information content (AvgIpc) is 3.03. The van der Waals surface area contributed by atoms with Crippen molar-refractivity contribution in [3.8, 4) is 46.0 Å². The van der Waals surface area contributed by atoms with Gasteiger partial charge in [0.05, 0.1) is 7.11 Å². The van der Waals surface area contributed by atoms with Crippen LogP contribution in [-0.2, 0) is 14.3 Å². The third kappa shape index (κ3) is 9.41. The summed E-state index contributed by atoms with van der Waals surface area (Å²) in [7, 11) is 1.45. The van der Waals surface area contributed by atoms with E-state index in [1.165, 1.54) is 13.2 Å². The second-order valence-electron chi connectivity index (χ2n) is 9.84. The van der Waals surface area contributed by atoms with E-state index in [1.807, 2.05) is 54.6 Å². The second kappa shape index (κ2) is 15.3. The van der Waals surface area contributed by atoms with Gasteiger partial charge in [-0.2, -0.15) is 0 Å². The van der Waals surface area contributed by atoms with Crippen molar-refractivity contribution in [3.05, 3.63) is 114 Å². The van der Waals surface area contributed by atoms with E-state index in [0.717, 1.165) is 11.1 Å². The molecule has 0 unspecified atom stereocenters. The summed E-state index contributed by atoms with van der Waals surface area (Å²) >= 11 is 5.91. The summed E-state index contributed by atoms with van der Waals surface area (Å²) in [4.78, 5) is 25.0. The Morgan fingerprint density at radius 3 is 2.16 bits per heavy atom. The van der Waals surface area contributed by atoms with E-state index in [9.17, 15) is 9.59 Å². The first-order valence-corrected chi connectivity index (χ1v) is 14.0. The normalized spacial score (nSPS) is 10.8. The number of esters is 2. The lowest BCUT2D eigenvalue weighted by atomic mass is 10.1. The first-order chi connectivity index (χ1) is 21.2. The highest BCUT2D eigenvalue weighted by molar-refractivity contribution is 6.30. The quantitative estimate of drug-likeness (QED) is 0.0757. The summed E-state index contributed by atoms with van der Waals surface area (Å²) < 4.78 is 27.5. The Kier molecular flexibility index (Phi) is 11.1. The molecule has 0 aliphatic carbocycles. The third-order valence-corrected chi connectivity index (χ3v) is 6.42. The van der Waals surface area contributed by atoms with Crippen molar-refractivity contribution >= 4 is 29.6 Å². The highest BCUT2D eigenvalue weighted by Gasteiger charge is 2.33. The van der Waals surface area contributed by atoms with Gasteiger partial charge in [-0.1, -0.05) is 72.0 Å². The monoisotopic (exact) mass is 610 g/mol. The molecule has 4 aromatic carbocycles. The molecule has 0 amide bonds. The highest BCUT2D eigenvalue weighted by Crippen LogP contribution is 2.31. The van der Waals surface area contributed by atoms with E-state index in [1.54, 1.807) is 62.4 Å². The van der Waals surface area contributed by atoms with Gasteiger partial charge < -0.3 is 23.7 Å². The van der Waals surface area contributed by atoms with Crippen molar-refractivity contribution in [3.63, 3.8) is 0 Å². The number of hydrogen-bond donors (Lipinski definition) is 0. The van der Waals surface area contributed by atoms with Crippen LogP contribution < -0.4 is 18.9 Å². The molecule has 4 rings (SSSR count). The Labute approximate surface area is 261 Å².